The third-order valence-corrected chi connectivity index (χ3v) is 10.6. The lowest BCUT2D eigenvalue weighted by molar-refractivity contribution is -0.0415. The number of hydrogen-bond acceptors (Lipinski definition) is 6. The first-order chi connectivity index (χ1) is 19.9. The number of hydrogen-bond donors (Lipinski definition) is 2. The minimum absolute atomic E-state index is 0.0609. The van der Waals surface area contributed by atoms with Crippen molar-refractivity contribution in [1.29, 1.82) is 0 Å². The van der Waals surface area contributed by atoms with E-state index in [0.717, 1.165) is 6.07 Å². The number of carbonyl (C=O) groups excluding carboxylic acids is 1. The zero-order valence-electron chi connectivity index (χ0n) is 21.9. The third kappa shape index (κ3) is 6.02. The Labute approximate surface area is 244 Å². The predicted octanol–water partition coefficient (Wildman–Crippen LogP) is 6.04. The van der Waals surface area contributed by atoms with Crippen molar-refractivity contribution in [2.45, 2.75) is 48.0 Å². The lowest BCUT2D eigenvalue weighted by Gasteiger charge is -2.50. The highest BCUT2D eigenvalue weighted by Crippen LogP contribution is 2.50. The van der Waals surface area contributed by atoms with E-state index in [4.69, 9.17) is 16.4 Å². The molecule has 3 aliphatic carbocycles. The van der Waals surface area contributed by atoms with Crippen molar-refractivity contribution in [3.63, 3.8) is 0 Å². The first-order valence-electron chi connectivity index (χ1n) is 13.0. The molecule has 6 rings (SSSR count). The van der Waals surface area contributed by atoms with Crippen molar-refractivity contribution < 1.29 is 40.7 Å². The van der Waals surface area contributed by atoms with E-state index < -0.39 is 55.9 Å². The molecule has 3 saturated carbocycles. The zero-order valence-corrected chi connectivity index (χ0v) is 23.4. The maximum absolute atomic E-state index is 13.8. The number of nitrogens with zero attached hydrogens (tertiary/aromatic N) is 1. The smallest absolute Gasteiger partial charge is 0.255 e. The second kappa shape index (κ2) is 11.7. The molecule has 0 aromatic heterocycles. The molecule has 2 N–H and O–H groups in total. The standard InChI is InChI=1S/C29H25ClF4N2O5S/c30-22-8-4-17(28(37)36-21-11-23(32)27(34)24(33)12-21)9-26(22)42(39,40)25-10-19-5-3-18(25)13-29(19,38)15-35-41-14-16-1-6-20(31)7-2-16/h1-2,4,6-9,11-12,15,18-19,25,38H,3,5,10,13-14H2,(H,36,37)/b35-15+/t18?,19?,25?,29-/m0/s1. The number of oxime groups is 1. The number of anilines is 1. The SMILES string of the molecule is O=C(Nc1cc(F)c(F)c(F)c1)c1ccc(Cl)c(S(=O)(=O)C2CC3CCC2C[C@]3(O)/C=N/OCc2ccc(F)cc2)c1. The number of amides is 1. The molecule has 3 unspecified atom stereocenters. The number of aliphatic hydroxyl groups is 1. The van der Waals surface area contributed by atoms with Crippen LogP contribution in [0.4, 0.5) is 23.2 Å². The van der Waals surface area contributed by atoms with E-state index in [1.54, 1.807) is 12.1 Å². The van der Waals surface area contributed by atoms with Gasteiger partial charge in [0, 0.05) is 23.4 Å². The predicted molar refractivity (Wildman–Crippen MR) is 147 cm³/mol. The highest BCUT2D eigenvalue weighted by atomic mass is 35.5. The molecule has 3 aliphatic rings. The fourth-order valence-electron chi connectivity index (χ4n) is 5.68. The second-order valence-corrected chi connectivity index (χ2v) is 13.1. The van der Waals surface area contributed by atoms with E-state index in [0.29, 0.717) is 30.5 Å². The highest BCUT2D eigenvalue weighted by Gasteiger charge is 2.54. The van der Waals surface area contributed by atoms with Crippen LogP contribution in [-0.4, -0.2) is 36.5 Å². The molecule has 1 amide bonds. The first-order valence-corrected chi connectivity index (χ1v) is 14.9. The second-order valence-electron chi connectivity index (χ2n) is 10.5. The average molecular weight is 625 g/mol. The number of nitrogens with one attached hydrogen (secondary N) is 1. The maximum atomic E-state index is 13.8. The normalized spacial score (nSPS) is 23.7. The zero-order chi connectivity index (χ0) is 30.2. The summed E-state index contributed by atoms with van der Waals surface area (Å²) >= 11 is 6.27. The summed E-state index contributed by atoms with van der Waals surface area (Å²) in [6, 6.07) is 10.4. The maximum Gasteiger partial charge on any atom is 0.255 e. The van der Waals surface area contributed by atoms with Gasteiger partial charge in [0.2, 0.25) is 0 Å². The fraction of sp³-hybridized carbons (Fsp3) is 0.310. The Bertz CT molecular complexity index is 1630. The number of fused-ring (bicyclic) bond motifs is 3. The summed E-state index contributed by atoms with van der Waals surface area (Å²) in [6.07, 6.45) is 2.63. The Kier molecular flexibility index (Phi) is 8.32. The minimum atomic E-state index is -4.09. The Morgan fingerprint density at radius 3 is 2.40 bits per heavy atom. The number of sulfone groups is 1. The Morgan fingerprint density at radius 2 is 1.76 bits per heavy atom. The summed E-state index contributed by atoms with van der Waals surface area (Å²) in [5, 5.41) is 16.4. The molecular formula is C29H25ClF4N2O5S. The number of carbonyl (C=O) groups is 1. The van der Waals surface area contributed by atoms with E-state index in [-0.39, 0.29) is 46.4 Å². The van der Waals surface area contributed by atoms with Crippen LogP contribution in [0.5, 0.6) is 0 Å². The van der Waals surface area contributed by atoms with Crippen LogP contribution in [0, 0.1) is 35.1 Å². The van der Waals surface area contributed by atoms with Gasteiger partial charge < -0.3 is 15.3 Å². The summed E-state index contributed by atoms with van der Waals surface area (Å²) in [6.45, 7) is 0.0609. The van der Waals surface area contributed by atoms with E-state index in [1.165, 1.54) is 30.5 Å². The fourth-order valence-corrected chi connectivity index (χ4v) is 8.30. The van der Waals surface area contributed by atoms with Gasteiger partial charge in [-0.05, 0) is 73.4 Å². The van der Waals surface area contributed by atoms with E-state index in [1.807, 2.05) is 0 Å². The first kappa shape index (κ1) is 30.0. The van der Waals surface area contributed by atoms with Gasteiger partial charge in [0.15, 0.2) is 27.3 Å². The molecule has 4 atom stereocenters. The van der Waals surface area contributed by atoms with E-state index >= 15 is 0 Å². The molecule has 222 valence electrons. The average Bonchev–Trinajstić information content (AvgIpc) is 2.95. The van der Waals surface area contributed by atoms with Gasteiger partial charge in [-0.15, -0.1) is 0 Å². The molecule has 3 fully saturated rings. The van der Waals surface area contributed by atoms with Crippen molar-refractivity contribution in [3.05, 3.63) is 94.0 Å². The van der Waals surface area contributed by atoms with Gasteiger partial charge >= 0.3 is 0 Å². The van der Waals surface area contributed by atoms with Crippen molar-refractivity contribution in [1.82, 2.24) is 0 Å². The van der Waals surface area contributed by atoms with Crippen LogP contribution in [0.2, 0.25) is 5.02 Å². The van der Waals surface area contributed by atoms with Crippen molar-refractivity contribution in [3.8, 4) is 0 Å². The van der Waals surface area contributed by atoms with Gasteiger partial charge in [0.1, 0.15) is 18.0 Å². The molecule has 2 bridgehead atoms. The number of rotatable bonds is 8. The molecule has 0 radical (unpaired) electrons. The quantitative estimate of drug-likeness (QED) is 0.138. The highest BCUT2D eigenvalue weighted by molar-refractivity contribution is 7.92. The van der Waals surface area contributed by atoms with Crippen LogP contribution in [0.1, 0.15) is 41.6 Å². The van der Waals surface area contributed by atoms with Crippen LogP contribution in [-0.2, 0) is 21.3 Å². The van der Waals surface area contributed by atoms with E-state index in [9.17, 15) is 35.9 Å². The Morgan fingerprint density at radius 1 is 1.07 bits per heavy atom. The molecule has 7 nitrogen and oxygen atoms in total. The van der Waals surface area contributed by atoms with Gasteiger partial charge in [-0.1, -0.05) is 28.9 Å². The van der Waals surface area contributed by atoms with Crippen LogP contribution in [0.15, 0.2) is 64.6 Å². The Balaban J connectivity index is 1.30. The minimum Gasteiger partial charge on any atom is -0.391 e. The van der Waals surface area contributed by atoms with Crippen LogP contribution in [0.25, 0.3) is 0 Å². The van der Waals surface area contributed by atoms with Crippen molar-refractivity contribution in [2.75, 3.05) is 5.32 Å². The molecule has 0 aliphatic heterocycles. The van der Waals surface area contributed by atoms with Crippen LogP contribution in [0.3, 0.4) is 0 Å². The van der Waals surface area contributed by atoms with Crippen molar-refractivity contribution in [2.24, 2.45) is 17.0 Å². The monoisotopic (exact) mass is 624 g/mol. The molecule has 3 aromatic carbocycles. The van der Waals surface area contributed by atoms with Crippen molar-refractivity contribution >= 4 is 39.2 Å². The summed E-state index contributed by atoms with van der Waals surface area (Å²) in [5.74, 6) is -6.83. The van der Waals surface area contributed by atoms with Gasteiger partial charge in [0.25, 0.3) is 5.91 Å². The molecule has 0 heterocycles. The van der Waals surface area contributed by atoms with Gasteiger partial charge in [-0.25, -0.2) is 26.0 Å². The van der Waals surface area contributed by atoms with Gasteiger partial charge in [0.05, 0.1) is 21.4 Å². The number of halogens is 5. The summed E-state index contributed by atoms with van der Waals surface area (Å²) in [7, 11) is -4.09. The molecule has 13 heteroatoms. The molecule has 0 spiro atoms. The molecule has 3 aromatic rings. The van der Waals surface area contributed by atoms with Gasteiger partial charge in [-0.3, -0.25) is 4.79 Å². The topological polar surface area (TPSA) is 105 Å². The Hall–Kier alpha value is -3.48. The summed E-state index contributed by atoms with van der Waals surface area (Å²) in [5.41, 5.74) is -1.21. The third-order valence-electron chi connectivity index (χ3n) is 7.86. The lowest BCUT2D eigenvalue weighted by Crippen LogP contribution is -2.55. The molecule has 0 saturated heterocycles. The summed E-state index contributed by atoms with van der Waals surface area (Å²) in [4.78, 5) is 17.7. The molecule has 42 heavy (non-hydrogen) atoms. The largest absolute Gasteiger partial charge is 0.391 e. The lowest BCUT2D eigenvalue weighted by atomic mass is 9.62. The van der Waals surface area contributed by atoms with E-state index in [2.05, 4.69) is 10.5 Å². The summed E-state index contributed by atoms with van der Waals surface area (Å²) < 4.78 is 81.0. The molecular weight excluding hydrogens is 600 g/mol. The number of benzene rings is 3. The van der Waals surface area contributed by atoms with Gasteiger partial charge in [-0.2, -0.15) is 0 Å². The van der Waals surface area contributed by atoms with Crippen LogP contribution < -0.4 is 5.32 Å². The van der Waals surface area contributed by atoms with Crippen LogP contribution >= 0.6 is 11.6 Å².